The molecule has 0 bridgehead atoms. The van der Waals surface area contributed by atoms with E-state index in [1.54, 1.807) is 0 Å². The zero-order chi connectivity index (χ0) is 47.3. The molecule has 4 aliphatic rings. The Morgan fingerprint density at radius 2 is 1.32 bits per heavy atom. The third-order valence-corrected chi connectivity index (χ3v) is 11.1. The Kier molecular flexibility index (Phi) is 18.4. The lowest BCUT2D eigenvalue weighted by molar-refractivity contribution is -0.379. The first kappa shape index (κ1) is 52.7. The summed E-state index contributed by atoms with van der Waals surface area (Å²) in [7, 11) is 1.09. The maximum absolute atomic E-state index is 12.8. The number of carboxylic acids is 2. The fourth-order valence-electron chi connectivity index (χ4n) is 7.82. The normalized spacial score (nSPS) is 42.4. The molecule has 63 heavy (non-hydrogen) atoms. The minimum Gasteiger partial charge on any atom is -0.477 e. The second-order valence-electron chi connectivity index (χ2n) is 15.7. The van der Waals surface area contributed by atoms with Crippen molar-refractivity contribution < 1.29 is 123 Å². The Labute approximate surface area is 357 Å². The smallest absolute Gasteiger partial charge is 0.364 e. The van der Waals surface area contributed by atoms with E-state index in [0.717, 1.165) is 21.0 Å². The van der Waals surface area contributed by atoms with E-state index in [4.69, 9.17) is 43.6 Å². The molecule has 10 unspecified atom stereocenters. The highest BCUT2D eigenvalue weighted by Crippen LogP contribution is 2.39. The molecule has 0 aliphatic carbocycles. The summed E-state index contributed by atoms with van der Waals surface area (Å²) in [5, 5.41) is 142. The van der Waals surface area contributed by atoms with E-state index in [-0.39, 0.29) is 0 Å². The number of amides is 2. The Bertz CT molecular complexity index is 1550. The van der Waals surface area contributed by atoms with Crippen LogP contribution in [0.2, 0.25) is 0 Å². The fraction of sp³-hybridized carbons (Fsp3) is 0.886. The van der Waals surface area contributed by atoms with Crippen LogP contribution in [-0.4, -0.2) is 251 Å². The highest BCUT2D eigenvalue weighted by Gasteiger charge is 2.60. The van der Waals surface area contributed by atoms with Gasteiger partial charge in [-0.25, -0.2) is 9.59 Å². The molecule has 28 heteroatoms. The molecule has 4 heterocycles. The summed E-state index contributed by atoms with van der Waals surface area (Å²) in [6.45, 7) is -1.81. The third kappa shape index (κ3) is 11.7. The largest absolute Gasteiger partial charge is 0.477 e. The number of aliphatic hydroxyl groups is 11. The minimum atomic E-state index is -2.92. The summed E-state index contributed by atoms with van der Waals surface area (Å²) in [4.78, 5) is 49.9. The maximum atomic E-state index is 12.8. The van der Waals surface area contributed by atoms with Gasteiger partial charge in [0.05, 0.1) is 62.9 Å². The molecule has 0 saturated carbocycles. The van der Waals surface area contributed by atoms with Crippen LogP contribution in [0, 0.1) is 0 Å². The molecule has 17 N–H and O–H groups in total. The van der Waals surface area contributed by atoms with Crippen molar-refractivity contribution in [3.8, 4) is 0 Å². The monoisotopic (exact) mass is 921 g/mol. The second kappa shape index (κ2) is 22.0. The highest BCUT2D eigenvalue weighted by molar-refractivity contribution is 5.77. The van der Waals surface area contributed by atoms with Crippen molar-refractivity contribution in [2.75, 3.05) is 33.5 Å². The van der Waals surface area contributed by atoms with Crippen LogP contribution in [0.25, 0.3) is 0 Å². The Hall–Kier alpha value is -2.92. The van der Waals surface area contributed by atoms with Crippen molar-refractivity contribution in [1.82, 2.24) is 10.6 Å². The number of methoxy groups -OCH3 is 1. The third-order valence-electron chi connectivity index (χ3n) is 11.1. The van der Waals surface area contributed by atoms with Gasteiger partial charge < -0.3 is 121 Å². The van der Waals surface area contributed by atoms with E-state index >= 15 is 0 Å². The van der Waals surface area contributed by atoms with Gasteiger partial charge in [-0.1, -0.05) is 0 Å². The van der Waals surface area contributed by atoms with E-state index < -0.39 is 197 Å². The molecule has 0 aromatic carbocycles. The van der Waals surface area contributed by atoms with Gasteiger partial charge in [0.25, 0.3) is 11.6 Å². The van der Waals surface area contributed by atoms with Gasteiger partial charge in [-0.05, 0) is 0 Å². The van der Waals surface area contributed by atoms with E-state index in [1.807, 2.05) is 0 Å². The van der Waals surface area contributed by atoms with Gasteiger partial charge in [0.15, 0.2) is 12.6 Å². The van der Waals surface area contributed by atoms with Gasteiger partial charge in [0.1, 0.15) is 67.1 Å². The predicted octanol–water partition coefficient (Wildman–Crippen LogP) is -9.40. The number of carboxylic acid groups (broad SMARTS) is 2. The number of hydrogen-bond donors (Lipinski definition) is 16. The van der Waals surface area contributed by atoms with Crippen molar-refractivity contribution in [2.24, 2.45) is 5.73 Å². The highest BCUT2D eigenvalue weighted by atomic mass is 16.8. The molecule has 0 spiro atoms. The molecular formula is C35H59N3O25. The average molecular weight is 922 g/mol. The summed E-state index contributed by atoms with van der Waals surface area (Å²) in [5.41, 5.74) is 5.99. The number of aliphatic hydroxyl groups excluding tert-OH is 11. The maximum Gasteiger partial charge on any atom is 0.364 e. The lowest BCUT2D eigenvalue weighted by Gasteiger charge is -2.50. The topological polar surface area (TPSA) is 455 Å². The molecular weight excluding hydrogens is 862 g/mol. The van der Waals surface area contributed by atoms with Crippen molar-refractivity contribution in [3.05, 3.63) is 0 Å². The molecule has 28 nitrogen and oxygen atoms in total. The summed E-state index contributed by atoms with van der Waals surface area (Å²) >= 11 is 0. The first-order chi connectivity index (χ1) is 29.5. The molecule has 364 valence electrons. The van der Waals surface area contributed by atoms with Gasteiger partial charge >= 0.3 is 11.9 Å². The summed E-state index contributed by atoms with van der Waals surface area (Å²) in [6.07, 6.45) is -32.5. The number of nitrogens with two attached hydrogens (primary N) is 1. The lowest BCUT2D eigenvalue weighted by atomic mass is 9.88. The van der Waals surface area contributed by atoms with E-state index in [0.29, 0.717) is 0 Å². The number of ether oxygens (including phenoxy) is 8. The van der Waals surface area contributed by atoms with E-state index in [9.17, 15) is 85.6 Å². The first-order valence-corrected chi connectivity index (χ1v) is 19.7. The lowest BCUT2D eigenvalue weighted by Crippen LogP contribution is -2.70. The van der Waals surface area contributed by atoms with Crippen molar-refractivity contribution in [1.29, 1.82) is 0 Å². The number of carbonyl (C=O) groups is 4. The molecule has 0 radical (unpaired) electrons. The zero-order valence-electron chi connectivity index (χ0n) is 34.2. The van der Waals surface area contributed by atoms with Crippen LogP contribution < -0.4 is 16.4 Å². The number of rotatable bonds is 19. The molecule has 4 fully saturated rings. The van der Waals surface area contributed by atoms with Crippen LogP contribution in [0.4, 0.5) is 0 Å². The van der Waals surface area contributed by atoms with Crippen molar-refractivity contribution >= 4 is 23.8 Å². The summed E-state index contributed by atoms with van der Waals surface area (Å²) in [6, 6.07) is -4.39. The zero-order valence-corrected chi connectivity index (χ0v) is 34.2. The van der Waals surface area contributed by atoms with Gasteiger partial charge in [0, 0.05) is 40.2 Å². The summed E-state index contributed by atoms with van der Waals surface area (Å²) in [5.74, 6) is -11.2. The minimum absolute atomic E-state index is 0.498. The van der Waals surface area contributed by atoms with Gasteiger partial charge in [-0.15, -0.1) is 0 Å². The van der Waals surface area contributed by atoms with Gasteiger partial charge in [-0.2, -0.15) is 0 Å². The quantitative estimate of drug-likeness (QED) is 0.0572. The van der Waals surface area contributed by atoms with Crippen LogP contribution in [0.5, 0.6) is 0 Å². The van der Waals surface area contributed by atoms with Crippen LogP contribution >= 0.6 is 0 Å². The standard InChI is InChI=1S/C35H59N3O25/c1-11(42)37-21-15(46)6-34(32(52)53,62-28(21)23(48)16(47)8-40)57-10-19-25(50)27(22(38-12(2)43)30(56-3)59-19)60-31-26(51)29(24(49)18(9-41)58-31)63-35(33(54)55)5-14(45)20(36)17(61-35)4-13(44)7-39/h13-31,39-41,44-51H,4-10,36H2,1-3H3,(H,37,42)(H,38,43)(H,52,53)(H,54,55)/t13-,14?,15?,16+,17?,18?,19?,20+,21+,22?,23+,24-,25-,26?,27?,28?,29?,30-,31-,34+,35-/m0/s1. The predicted molar refractivity (Wildman–Crippen MR) is 197 cm³/mol. The number of carbonyl (C=O) groups excluding carboxylic acids is 2. The molecule has 0 aromatic rings. The van der Waals surface area contributed by atoms with Crippen LogP contribution in [0.3, 0.4) is 0 Å². The van der Waals surface area contributed by atoms with Gasteiger partial charge in [-0.3, -0.25) is 9.59 Å². The SMILES string of the molecule is CO[C@H]1OC(CO[C@]2(C(=O)O)CC(O)[C@@H](NC(C)=O)C([C@H](O)[C@H](O)CO)O2)[C@H](O)C(O[C@@H]2OC(CO)[C@H](O)C(O[C@]3(C(=O)O)CC(O)[C@@H](N)C(C[C@H](O)CO)O3)C2O)C1NC(C)=O. The first-order valence-electron chi connectivity index (χ1n) is 19.7. The Balaban J connectivity index is 1.66. The number of hydrogen-bond acceptors (Lipinski definition) is 24. The molecule has 4 rings (SSSR count). The number of aliphatic carboxylic acids is 2. The fourth-order valence-corrected chi connectivity index (χ4v) is 7.82. The molecule has 4 saturated heterocycles. The van der Waals surface area contributed by atoms with Crippen LogP contribution in [0.15, 0.2) is 0 Å². The van der Waals surface area contributed by atoms with Crippen LogP contribution in [0.1, 0.15) is 33.1 Å². The van der Waals surface area contributed by atoms with E-state index in [2.05, 4.69) is 10.6 Å². The number of nitrogens with one attached hydrogen (secondary N) is 2. The molecule has 4 aliphatic heterocycles. The Morgan fingerprint density at radius 1 is 0.746 bits per heavy atom. The van der Waals surface area contributed by atoms with Crippen molar-refractivity contribution in [3.63, 3.8) is 0 Å². The molecule has 0 aromatic heterocycles. The van der Waals surface area contributed by atoms with Gasteiger partial charge in [0.2, 0.25) is 11.8 Å². The van der Waals surface area contributed by atoms with Crippen LogP contribution in [-0.2, 0) is 57.1 Å². The average Bonchev–Trinajstić information content (AvgIpc) is 3.22. The second-order valence-corrected chi connectivity index (χ2v) is 15.7. The summed E-state index contributed by atoms with van der Waals surface area (Å²) < 4.78 is 45.4. The molecule has 21 atom stereocenters. The van der Waals surface area contributed by atoms with E-state index in [1.165, 1.54) is 0 Å². The Morgan fingerprint density at radius 3 is 1.86 bits per heavy atom. The molecule has 2 amide bonds. The van der Waals surface area contributed by atoms with Crippen molar-refractivity contribution in [2.45, 2.75) is 161 Å².